The van der Waals surface area contributed by atoms with Gasteiger partial charge in [-0.1, -0.05) is 0 Å². The SMILES string of the molecule is O=[N+]([O-])c1ccc(N/N=C\c2cc(Br)c(I)o2)c([N+](=O)[O-])c1. The summed E-state index contributed by atoms with van der Waals surface area (Å²) in [6.07, 6.45) is 1.33. The topological polar surface area (TPSA) is 124 Å². The lowest BCUT2D eigenvalue weighted by molar-refractivity contribution is -0.393. The van der Waals surface area contributed by atoms with Gasteiger partial charge in [0.25, 0.3) is 5.69 Å². The molecule has 2 rings (SSSR count). The van der Waals surface area contributed by atoms with Crippen LogP contribution in [0.1, 0.15) is 5.76 Å². The van der Waals surface area contributed by atoms with Crippen molar-refractivity contribution in [2.24, 2.45) is 5.10 Å². The average Bonchev–Trinajstić information content (AvgIpc) is 2.77. The van der Waals surface area contributed by atoms with E-state index >= 15 is 0 Å². The fourth-order valence-corrected chi connectivity index (χ4v) is 2.19. The molecule has 0 spiro atoms. The molecule has 0 atom stereocenters. The van der Waals surface area contributed by atoms with Crippen LogP contribution in [0, 0.1) is 24.0 Å². The Morgan fingerprint density at radius 1 is 1.27 bits per heavy atom. The molecule has 1 N–H and O–H groups in total. The summed E-state index contributed by atoms with van der Waals surface area (Å²) in [5.74, 6) is 0.438. The zero-order valence-corrected chi connectivity index (χ0v) is 14.3. The second-order valence-corrected chi connectivity index (χ2v) is 5.69. The highest BCUT2D eigenvalue weighted by molar-refractivity contribution is 14.1. The summed E-state index contributed by atoms with van der Waals surface area (Å²) in [6, 6.07) is 4.91. The van der Waals surface area contributed by atoms with E-state index in [2.05, 4.69) is 26.5 Å². The fraction of sp³-hybridized carbons (Fsp3) is 0. The summed E-state index contributed by atoms with van der Waals surface area (Å²) < 4.78 is 6.71. The monoisotopic (exact) mass is 480 g/mol. The Balaban J connectivity index is 2.22. The number of nitro benzene ring substituents is 2. The van der Waals surface area contributed by atoms with Crippen molar-refractivity contribution in [2.45, 2.75) is 0 Å². The van der Waals surface area contributed by atoms with Gasteiger partial charge in [0, 0.05) is 34.7 Å². The Bertz CT molecular complexity index is 756. The molecule has 0 aliphatic carbocycles. The van der Waals surface area contributed by atoms with Crippen LogP contribution in [0.25, 0.3) is 0 Å². The van der Waals surface area contributed by atoms with Crippen LogP contribution in [0.5, 0.6) is 0 Å². The van der Waals surface area contributed by atoms with Gasteiger partial charge in [0.1, 0.15) is 11.4 Å². The Kier molecular flexibility index (Phi) is 5.07. The number of hydrazone groups is 1. The van der Waals surface area contributed by atoms with Crippen molar-refractivity contribution in [3.63, 3.8) is 0 Å². The van der Waals surface area contributed by atoms with E-state index in [0.717, 1.165) is 16.6 Å². The van der Waals surface area contributed by atoms with Crippen molar-refractivity contribution in [2.75, 3.05) is 5.43 Å². The molecule has 0 amide bonds. The highest BCUT2D eigenvalue weighted by Crippen LogP contribution is 2.29. The molecular weight excluding hydrogens is 475 g/mol. The number of hydrogen-bond acceptors (Lipinski definition) is 7. The van der Waals surface area contributed by atoms with Gasteiger partial charge in [-0.2, -0.15) is 5.10 Å². The first-order valence-electron chi connectivity index (χ1n) is 5.55. The van der Waals surface area contributed by atoms with Gasteiger partial charge in [0.2, 0.25) is 0 Å². The molecule has 9 nitrogen and oxygen atoms in total. The second-order valence-electron chi connectivity index (χ2n) is 3.86. The Hall–Kier alpha value is -2.02. The lowest BCUT2D eigenvalue weighted by Gasteiger charge is -2.01. The predicted molar refractivity (Wildman–Crippen MR) is 90.1 cm³/mol. The van der Waals surface area contributed by atoms with E-state index in [1.165, 1.54) is 12.3 Å². The third kappa shape index (κ3) is 3.79. The molecule has 0 radical (unpaired) electrons. The first-order valence-corrected chi connectivity index (χ1v) is 7.42. The number of non-ortho nitro benzene ring substituents is 1. The number of nitrogens with one attached hydrogen (secondary N) is 1. The number of furan rings is 1. The summed E-state index contributed by atoms with van der Waals surface area (Å²) in [4.78, 5) is 20.1. The molecule has 0 aliphatic heterocycles. The van der Waals surface area contributed by atoms with Gasteiger partial charge in [-0.3, -0.25) is 25.7 Å². The number of nitro groups is 2. The number of hydrogen-bond donors (Lipinski definition) is 1. The maximum atomic E-state index is 10.9. The van der Waals surface area contributed by atoms with Crippen molar-refractivity contribution >= 4 is 61.8 Å². The Morgan fingerprint density at radius 3 is 2.55 bits per heavy atom. The van der Waals surface area contributed by atoms with Crippen molar-refractivity contribution in [1.29, 1.82) is 0 Å². The molecule has 1 aromatic carbocycles. The van der Waals surface area contributed by atoms with Gasteiger partial charge in [-0.05, 0) is 22.0 Å². The molecule has 1 heterocycles. The molecule has 11 heteroatoms. The zero-order chi connectivity index (χ0) is 16.3. The largest absolute Gasteiger partial charge is 0.448 e. The first-order chi connectivity index (χ1) is 10.4. The molecule has 0 aliphatic rings. The van der Waals surface area contributed by atoms with Crippen LogP contribution in [0.4, 0.5) is 17.1 Å². The standard InChI is InChI=1S/C11H6BrIN4O5/c12-8-4-7(22-11(8)13)5-14-15-9-2-1-6(16(18)19)3-10(9)17(20)21/h1-5,15H/b14-5-. The first kappa shape index (κ1) is 16.4. The molecular formula is C11H6BrIN4O5. The third-order valence-electron chi connectivity index (χ3n) is 2.43. The van der Waals surface area contributed by atoms with E-state index in [1.54, 1.807) is 6.07 Å². The average molecular weight is 481 g/mol. The van der Waals surface area contributed by atoms with Gasteiger partial charge in [0.05, 0.1) is 26.6 Å². The molecule has 0 saturated heterocycles. The lowest BCUT2D eigenvalue weighted by atomic mass is 10.2. The Morgan fingerprint density at radius 2 is 2.00 bits per heavy atom. The predicted octanol–water partition coefficient (Wildman–Crippen LogP) is 3.91. The lowest BCUT2D eigenvalue weighted by Crippen LogP contribution is -1.98. The maximum Gasteiger partial charge on any atom is 0.301 e. The number of halogens is 2. The van der Waals surface area contributed by atoms with E-state index in [4.69, 9.17) is 4.42 Å². The minimum absolute atomic E-state index is 0.0344. The highest BCUT2D eigenvalue weighted by atomic mass is 127. The van der Waals surface area contributed by atoms with Crippen LogP contribution in [0.2, 0.25) is 0 Å². The number of nitrogens with zero attached hydrogens (tertiary/aromatic N) is 3. The van der Waals surface area contributed by atoms with Crippen LogP contribution >= 0.6 is 38.5 Å². The van der Waals surface area contributed by atoms with Crippen LogP contribution in [0.3, 0.4) is 0 Å². The molecule has 0 saturated carbocycles. The van der Waals surface area contributed by atoms with Crippen molar-refractivity contribution < 1.29 is 14.3 Å². The van der Waals surface area contributed by atoms with E-state index < -0.39 is 15.5 Å². The van der Waals surface area contributed by atoms with Gasteiger partial charge < -0.3 is 4.42 Å². The number of rotatable bonds is 5. The van der Waals surface area contributed by atoms with E-state index in [0.29, 0.717) is 9.53 Å². The Labute approximate surface area is 144 Å². The molecule has 1 aromatic heterocycles. The molecule has 0 unspecified atom stereocenters. The maximum absolute atomic E-state index is 10.9. The molecule has 0 fully saturated rings. The van der Waals surface area contributed by atoms with Gasteiger partial charge in [-0.25, -0.2) is 0 Å². The minimum Gasteiger partial charge on any atom is -0.448 e. The quantitative estimate of drug-likeness (QED) is 0.299. The molecule has 2 aromatic rings. The second kappa shape index (κ2) is 6.83. The number of anilines is 1. The summed E-state index contributed by atoms with van der Waals surface area (Å²) in [5, 5.41) is 25.4. The normalized spacial score (nSPS) is 10.8. The summed E-state index contributed by atoms with van der Waals surface area (Å²) in [6.45, 7) is 0. The van der Waals surface area contributed by atoms with Crippen LogP contribution in [-0.2, 0) is 0 Å². The minimum atomic E-state index is -0.725. The van der Waals surface area contributed by atoms with E-state index in [1.807, 2.05) is 22.6 Å². The van der Waals surface area contributed by atoms with Crippen molar-refractivity contribution in [1.82, 2.24) is 0 Å². The number of benzene rings is 1. The van der Waals surface area contributed by atoms with Crippen molar-refractivity contribution in [3.05, 3.63) is 58.5 Å². The summed E-state index contributed by atoms with van der Waals surface area (Å²) in [5.41, 5.74) is 1.69. The molecule has 114 valence electrons. The molecule has 22 heavy (non-hydrogen) atoms. The van der Waals surface area contributed by atoms with Gasteiger partial charge in [0.15, 0.2) is 3.77 Å². The van der Waals surface area contributed by atoms with Crippen molar-refractivity contribution in [3.8, 4) is 0 Å². The van der Waals surface area contributed by atoms with Gasteiger partial charge in [-0.15, -0.1) is 0 Å². The zero-order valence-electron chi connectivity index (χ0n) is 10.5. The van der Waals surface area contributed by atoms with Crippen LogP contribution in [-0.4, -0.2) is 16.1 Å². The highest BCUT2D eigenvalue weighted by Gasteiger charge is 2.19. The third-order valence-corrected chi connectivity index (χ3v) is 4.56. The smallest absolute Gasteiger partial charge is 0.301 e. The van der Waals surface area contributed by atoms with Crippen LogP contribution < -0.4 is 5.43 Å². The van der Waals surface area contributed by atoms with Gasteiger partial charge >= 0.3 is 5.69 Å². The van der Waals surface area contributed by atoms with E-state index in [9.17, 15) is 20.2 Å². The van der Waals surface area contributed by atoms with Crippen LogP contribution in [0.15, 0.2) is 38.3 Å². The summed E-state index contributed by atoms with van der Waals surface area (Å²) >= 11 is 5.25. The summed E-state index contributed by atoms with van der Waals surface area (Å²) in [7, 11) is 0. The van der Waals surface area contributed by atoms with E-state index in [-0.39, 0.29) is 11.4 Å². The fourth-order valence-electron chi connectivity index (χ4n) is 1.47. The molecule has 0 bridgehead atoms.